The van der Waals surface area contributed by atoms with Gasteiger partial charge in [-0.05, 0) is 54.8 Å². The van der Waals surface area contributed by atoms with E-state index in [1.54, 1.807) is 0 Å². The Kier molecular flexibility index (Phi) is 5.50. The van der Waals surface area contributed by atoms with Crippen LogP contribution in [0.2, 0.25) is 0 Å². The number of H-pyrrole nitrogens is 1. The molecule has 1 saturated heterocycles. The first kappa shape index (κ1) is 21.2. The van der Waals surface area contributed by atoms with Crippen molar-refractivity contribution in [3.8, 4) is 11.3 Å². The Hall–Kier alpha value is -4.39. The Labute approximate surface area is 203 Å². The van der Waals surface area contributed by atoms with E-state index in [-0.39, 0.29) is 5.91 Å². The van der Waals surface area contributed by atoms with E-state index in [2.05, 4.69) is 48.2 Å². The number of rotatable bonds is 6. The van der Waals surface area contributed by atoms with Crippen molar-refractivity contribution in [1.82, 2.24) is 19.7 Å². The lowest BCUT2D eigenvalue weighted by molar-refractivity contribution is 0.102. The molecule has 3 aromatic carbocycles. The van der Waals surface area contributed by atoms with Gasteiger partial charge in [-0.3, -0.25) is 9.89 Å². The van der Waals surface area contributed by atoms with Crippen LogP contribution in [0.4, 0.5) is 11.5 Å². The fourth-order valence-electron chi connectivity index (χ4n) is 4.65. The second-order valence-corrected chi connectivity index (χ2v) is 8.92. The third-order valence-corrected chi connectivity index (χ3v) is 6.55. The smallest absolute Gasteiger partial charge is 0.256 e. The summed E-state index contributed by atoms with van der Waals surface area (Å²) in [5, 5.41) is 10.3. The number of aromatic amines is 1. The summed E-state index contributed by atoms with van der Waals surface area (Å²) in [7, 11) is 0. The lowest BCUT2D eigenvalue weighted by Gasteiger charge is -2.17. The van der Waals surface area contributed by atoms with Crippen molar-refractivity contribution in [3.05, 3.63) is 96.3 Å². The minimum absolute atomic E-state index is 0.174. The van der Waals surface area contributed by atoms with E-state index >= 15 is 0 Å². The van der Waals surface area contributed by atoms with Crippen molar-refractivity contribution in [2.24, 2.45) is 0 Å². The Morgan fingerprint density at radius 1 is 0.943 bits per heavy atom. The minimum Gasteiger partial charge on any atom is -0.372 e. The Morgan fingerprint density at radius 3 is 2.54 bits per heavy atom. The van der Waals surface area contributed by atoms with Gasteiger partial charge < -0.3 is 14.8 Å². The highest BCUT2D eigenvalue weighted by molar-refractivity contribution is 6.04. The maximum atomic E-state index is 12.8. The number of nitrogens with one attached hydrogen (secondary N) is 2. The number of nitrogens with zero attached hydrogens (tertiary/aromatic N) is 4. The van der Waals surface area contributed by atoms with E-state index in [4.69, 9.17) is 0 Å². The number of anilines is 2. The third-order valence-electron chi connectivity index (χ3n) is 6.55. The van der Waals surface area contributed by atoms with Gasteiger partial charge in [-0.2, -0.15) is 5.10 Å². The summed E-state index contributed by atoms with van der Waals surface area (Å²) in [6.07, 6.45) is 4.33. The van der Waals surface area contributed by atoms with Crippen LogP contribution in [0.15, 0.2) is 85.2 Å². The molecule has 0 unspecified atom stereocenters. The van der Waals surface area contributed by atoms with E-state index in [9.17, 15) is 4.79 Å². The summed E-state index contributed by atoms with van der Waals surface area (Å²) in [6.45, 7) is 2.92. The molecule has 0 spiro atoms. The molecule has 7 heteroatoms. The van der Waals surface area contributed by atoms with Crippen LogP contribution in [0.5, 0.6) is 0 Å². The summed E-state index contributed by atoms with van der Waals surface area (Å²) < 4.78 is 2.14. The molecular formula is C28H26N6O. The van der Waals surface area contributed by atoms with Crippen LogP contribution in [-0.4, -0.2) is 38.7 Å². The molecule has 0 radical (unpaired) electrons. The van der Waals surface area contributed by atoms with E-state index in [0.717, 1.165) is 41.9 Å². The molecule has 5 aromatic rings. The van der Waals surface area contributed by atoms with Gasteiger partial charge in [-0.15, -0.1) is 0 Å². The SMILES string of the molecule is O=C(Nc1cc(-c2ccc3ncn(Cc4ccccc4)c3c2)[nH]n1)c1ccc(N2CCCC2)cc1. The number of benzene rings is 3. The zero-order valence-electron chi connectivity index (χ0n) is 19.3. The fourth-order valence-corrected chi connectivity index (χ4v) is 4.65. The van der Waals surface area contributed by atoms with Crippen LogP contribution in [-0.2, 0) is 6.54 Å². The zero-order chi connectivity index (χ0) is 23.6. The van der Waals surface area contributed by atoms with Gasteiger partial charge in [0, 0.05) is 42.5 Å². The van der Waals surface area contributed by atoms with Crippen molar-refractivity contribution in [2.45, 2.75) is 19.4 Å². The molecule has 174 valence electrons. The van der Waals surface area contributed by atoms with E-state index in [1.807, 2.05) is 67.0 Å². The highest BCUT2D eigenvalue weighted by Gasteiger charge is 2.14. The minimum atomic E-state index is -0.174. The summed E-state index contributed by atoms with van der Waals surface area (Å²) in [5.41, 5.74) is 6.80. The first-order valence-corrected chi connectivity index (χ1v) is 11.9. The normalized spacial score (nSPS) is 13.4. The number of carbonyl (C=O) groups is 1. The standard InChI is InChI=1S/C28H26N6O/c35-28(21-8-11-23(12-9-21)33-14-4-5-15-33)30-27-17-25(31-32-27)22-10-13-24-26(16-22)34(19-29-24)18-20-6-2-1-3-7-20/h1-3,6-13,16-17,19H,4-5,14-15,18H2,(H2,30,31,32,35). The second-order valence-electron chi connectivity index (χ2n) is 8.92. The Bertz CT molecular complexity index is 1460. The van der Waals surface area contributed by atoms with E-state index in [0.29, 0.717) is 11.4 Å². The van der Waals surface area contributed by atoms with Gasteiger partial charge in [-0.1, -0.05) is 36.4 Å². The summed E-state index contributed by atoms with van der Waals surface area (Å²) in [4.78, 5) is 19.6. The van der Waals surface area contributed by atoms with E-state index in [1.165, 1.54) is 24.1 Å². The molecule has 0 saturated carbocycles. The van der Waals surface area contributed by atoms with Gasteiger partial charge in [-0.25, -0.2) is 4.98 Å². The van der Waals surface area contributed by atoms with Gasteiger partial charge in [0.15, 0.2) is 5.82 Å². The number of fused-ring (bicyclic) bond motifs is 1. The zero-order valence-corrected chi connectivity index (χ0v) is 19.3. The number of carbonyl (C=O) groups excluding carboxylic acids is 1. The average Bonchev–Trinajstić information content (AvgIpc) is 3.67. The highest BCUT2D eigenvalue weighted by Crippen LogP contribution is 2.25. The molecule has 1 aliphatic rings. The molecule has 0 bridgehead atoms. The van der Waals surface area contributed by atoms with Gasteiger partial charge >= 0.3 is 0 Å². The lowest BCUT2D eigenvalue weighted by Crippen LogP contribution is -2.18. The molecule has 1 fully saturated rings. The Morgan fingerprint density at radius 2 is 1.74 bits per heavy atom. The van der Waals surface area contributed by atoms with Gasteiger partial charge in [0.05, 0.1) is 23.1 Å². The van der Waals surface area contributed by atoms with Crippen molar-refractivity contribution in [1.29, 1.82) is 0 Å². The number of amides is 1. The van der Waals surface area contributed by atoms with Crippen LogP contribution in [0.25, 0.3) is 22.3 Å². The molecule has 2 aromatic heterocycles. The number of hydrogen-bond acceptors (Lipinski definition) is 4. The van der Waals surface area contributed by atoms with Crippen LogP contribution >= 0.6 is 0 Å². The lowest BCUT2D eigenvalue weighted by atomic mass is 10.1. The molecule has 2 N–H and O–H groups in total. The highest BCUT2D eigenvalue weighted by atomic mass is 16.1. The van der Waals surface area contributed by atoms with Gasteiger partial charge in [0.2, 0.25) is 0 Å². The summed E-state index contributed by atoms with van der Waals surface area (Å²) >= 11 is 0. The largest absolute Gasteiger partial charge is 0.372 e. The van der Waals surface area contributed by atoms with Crippen molar-refractivity contribution in [3.63, 3.8) is 0 Å². The predicted octanol–water partition coefficient (Wildman–Crippen LogP) is 5.33. The Balaban J connectivity index is 1.18. The number of aromatic nitrogens is 4. The molecule has 7 nitrogen and oxygen atoms in total. The molecule has 3 heterocycles. The molecule has 0 aliphatic carbocycles. The summed E-state index contributed by atoms with van der Waals surface area (Å²) in [6, 6.07) is 26.1. The van der Waals surface area contributed by atoms with Crippen LogP contribution in [0.1, 0.15) is 28.8 Å². The molecule has 0 atom stereocenters. The fraction of sp³-hybridized carbons (Fsp3) is 0.179. The van der Waals surface area contributed by atoms with Crippen molar-refractivity contribution >= 4 is 28.4 Å². The van der Waals surface area contributed by atoms with Gasteiger partial charge in [0.1, 0.15) is 0 Å². The third kappa shape index (κ3) is 4.40. The quantitative estimate of drug-likeness (QED) is 0.358. The monoisotopic (exact) mass is 462 g/mol. The van der Waals surface area contributed by atoms with Crippen LogP contribution < -0.4 is 10.2 Å². The summed E-state index contributed by atoms with van der Waals surface area (Å²) in [5.74, 6) is 0.318. The van der Waals surface area contributed by atoms with Crippen LogP contribution in [0, 0.1) is 0 Å². The van der Waals surface area contributed by atoms with Gasteiger partial charge in [0.25, 0.3) is 5.91 Å². The maximum Gasteiger partial charge on any atom is 0.256 e. The average molecular weight is 463 g/mol. The first-order chi connectivity index (χ1) is 17.2. The van der Waals surface area contributed by atoms with Crippen LogP contribution in [0.3, 0.4) is 0 Å². The molecule has 1 aliphatic heterocycles. The van der Waals surface area contributed by atoms with Crippen molar-refractivity contribution < 1.29 is 4.79 Å². The maximum absolute atomic E-state index is 12.8. The molecule has 1 amide bonds. The topological polar surface area (TPSA) is 78.8 Å². The predicted molar refractivity (Wildman–Crippen MR) is 139 cm³/mol. The first-order valence-electron chi connectivity index (χ1n) is 11.9. The number of imidazole rings is 1. The number of hydrogen-bond donors (Lipinski definition) is 2. The second kappa shape index (κ2) is 9.10. The molecule has 6 rings (SSSR count). The molecular weight excluding hydrogens is 436 g/mol. The molecule has 35 heavy (non-hydrogen) atoms. The van der Waals surface area contributed by atoms with E-state index < -0.39 is 0 Å². The van der Waals surface area contributed by atoms with Crippen molar-refractivity contribution in [2.75, 3.05) is 23.3 Å².